The number of benzene rings is 1. The fourth-order valence-corrected chi connectivity index (χ4v) is 3.96. The topological polar surface area (TPSA) is 84.7 Å². The molecule has 1 aliphatic rings. The van der Waals surface area contributed by atoms with Gasteiger partial charge in [-0.05, 0) is 71.4 Å². The van der Waals surface area contributed by atoms with Gasteiger partial charge in [0.1, 0.15) is 5.60 Å². The molecule has 7 nitrogen and oxygen atoms in total. The van der Waals surface area contributed by atoms with Crippen molar-refractivity contribution < 1.29 is 18.8 Å². The number of aromatic nitrogens is 1. The number of carbonyl (C=O) groups is 2. The number of fused-ring (bicyclic) bond motifs is 1. The van der Waals surface area contributed by atoms with Gasteiger partial charge in [0.25, 0.3) is 0 Å². The number of aryl methyl sites for hydroxylation is 1. The van der Waals surface area contributed by atoms with Gasteiger partial charge in [0.05, 0.1) is 11.4 Å². The van der Waals surface area contributed by atoms with Gasteiger partial charge in [0, 0.05) is 31.0 Å². The van der Waals surface area contributed by atoms with Gasteiger partial charge in [-0.2, -0.15) is 0 Å². The summed E-state index contributed by atoms with van der Waals surface area (Å²) in [6.45, 7) is 10.5. The molecule has 2 heterocycles. The zero-order chi connectivity index (χ0) is 22.6. The number of ether oxygens (including phenoxy) is 1. The van der Waals surface area contributed by atoms with E-state index in [0.717, 1.165) is 61.1 Å². The van der Waals surface area contributed by atoms with Crippen LogP contribution in [0.1, 0.15) is 65.1 Å². The Kier molecular flexibility index (Phi) is 7.03. The zero-order valence-electron chi connectivity index (χ0n) is 19.2. The first-order valence-electron chi connectivity index (χ1n) is 11.0. The minimum absolute atomic E-state index is 0.123. The summed E-state index contributed by atoms with van der Waals surface area (Å²) in [6.07, 6.45) is 7.36. The van der Waals surface area contributed by atoms with Crippen molar-refractivity contribution in [2.45, 2.75) is 65.9 Å². The minimum atomic E-state index is -0.465. The number of hydrogen-bond donors (Lipinski definition) is 1. The second-order valence-electron chi connectivity index (χ2n) is 9.16. The molecule has 1 aromatic carbocycles. The van der Waals surface area contributed by atoms with Crippen molar-refractivity contribution in [2.75, 3.05) is 18.4 Å². The van der Waals surface area contributed by atoms with E-state index in [1.54, 1.807) is 4.90 Å². The number of allylic oxidation sites excluding steroid dienone is 1. The molecule has 0 atom stereocenters. The molecule has 0 spiro atoms. The zero-order valence-corrected chi connectivity index (χ0v) is 19.2. The van der Waals surface area contributed by atoms with E-state index < -0.39 is 5.60 Å². The lowest BCUT2D eigenvalue weighted by Gasteiger charge is -2.33. The summed E-state index contributed by atoms with van der Waals surface area (Å²) in [6, 6.07) is 3.86. The van der Waals surface area contributed by atoms with E-state index in [9.17, 15) is 9.59 Å². The molecule has 0 bridgehead atoms. The van der Waals surface area contributed by atoms with Crippen LogP contribution in [0.15, 0.2) is 22.7 Å². The molecule has 1 saturated heterocycles. The van der Waals surface area contributed by atoms with Crippen LogP contribution >= 0.6 is 0 Å². The lowest BCUT2D eigenvalue weighted by Crippen LogP contribution is -2.41. The van der Waals surface area contributed by atoms with Gasteiger partial charge in [-0.3, -0.25) is 4.79 Å². The first-order valence-corrected chi connectivity index (χ1v) is 11.0. The Bertz CT molecular complexity index is 963. The fraction of sp³-hybridized carbons (Fsp3) is 0.542. The quantitative estimate of drug-likeness (QED) is 0.691. The van der Waals surface area contributed by atoms with E-state index in [1.165, 1.54) is 6.92 Å². The summed E-state index contributed by atoms with van der Waals surface area (Å²) in [5, 5.41) is 8.15. The van der Waals surface area contributed by atoms with Crippen LogP contribution in [0.25, 0.3) is 17.0 Å². The number of rotatable bonds is 5. The highest BCUT2D eigenvalue weighted by Gasteiger charge is 2.27. The van der Waals surface area contributed by atoms with Crippen LogP contribution in [0.3, 0.4) is 0 Å². The Balaban J connectivity index is 1.63. The van der Waals surface area contributed by atoms with Gasteiger partial charge in [-0.15, -0.1) is 0 Å². The molecule has 3 rings (SSSR count). The molecule has 1 aromatic heterocycles. The molecule has 31 heavy (non-hydrogen) atoms. The standard InChI is InChI=1S/C24H33N3O4/c1-6-7-18-20(25-16(2)28)11-9-19-21(26-31-22(18)19)10-8-17-12-14-27(15-13-17)23(29)30-24(3,4)5/h6-7,9,11,17H,8,10,12-15H2,1-5H3,(H,25,28). The van der Waals surface area contributed by atoms with Gasteiger partial charge >= 0.3 is 6.09 Å². The summed E-state index contributed by atoms with van der Waals surface area (Å²) in [5.41, 5.74) is 2.71. The van der Waals surface area contributed by atoms with Crippen molar-refractivity contribution in [1.29, 1.82) is 0 Å². The average molecular weight is 428 g/mol. The summed E-state index contributed by atoms with van der Waals surface area (Å²) >= 11 is 0. The molecule has 0 unspecified atom stereocenters. The lowest BCUT2D eigenvalue weighted by molar-refractivity contribution is -0.114. The van der Waals surface area contributed by atoms with Crippen LogP contribution < -0.4 is 5.32 Å². The summed E-state index contributed by atoms with van der Waals surface area (Å²) < 4.78 is 11.1. The molecule has 2 aromatic rings. The second kappa shape index (κ2) is 9.54. The van der Waals surface area contributed by atoms with E-state index in [1.807, 2.05) is 52.0 Å². The molecule has 0 saturated carbocycles. The van der Waals surface area contributed by atoms with E-state index in [-0.39, 0.29) is 12.0 Å². The Morgan fingerprint density at radius 3 is 2.61 bits per heavy atom. The number of piperidine rings is 1. The molecular weight excluding hydrogens is 394 g/mol. The Morgan fingerprint density at radius 1 is 1.29 bits per heavy atom. The number of anilines is 1. The largest absolute Gasteiger partial charge is 0.444 e. The van der Waals surface area contributed by atoms with Crippen molar-refractivity contribution in [3.8, 4) is 0 Å². The highest BCUT2D eigenvalue weighted by atomic mass is 16.6. The van der Waals surface area contributed by atoms with Crippen molar-refractivity contribution >= 4 is 34.7 Å². The fourth-order valence-electron chi connectivity index (χ4n) is 3.96. The van der Waals surface area contributed by atoms with Crippen LogP contribution in [0.5, 0.6) is 0 Å². The van der Waals surface area contributed by atoms with E-state index >= 15 is 0 Å². The third-order valence-corrected chi connectivity index (χ3v) is 5.45. The van der Waals surface area contributed by atoms with Crippen LogP contribution in [-0.2, 0) is 16.0 Å². The average Bonchev–Trinajstić information content (AvgIpc) is 3.10. The maximum absolute atomic E-state index is 12.2. The Morgan fingerprint density at radius 2 is 2.00 bits per heavy atom. The third kappa shape index (κ3) is 5.87. The number of likely N-dealkylation sites (tertiary alicyclic amines) is 1. The lowest BCUT2D eigenvalue weighted by atomic mass is 9.91. The normalized spacial score (nSPS) is 15.6. The summed E-state index contributed by atoms with van der Waals surface area (Å²) in [5.74, 6) is 0.418. The Labute approximate surface area is 183 Å². The maximum atomic E-state index is 12.2. The predicted molar refractivity (Wildman–Crippen MR) is 122 cm³/mol. The summed E-state index contributed by atoms with van der Waals surface area (Å²) in [4.78, 5) is 25.6. The van der Waals surface area contributed by atoms with Crippen molar-refractivity contribution in [2.24, 2.45) is 5.92 Å². The molecule has 1 aliphatic heterocycles. The van der Waals surface area contributed by atoms with Gasteiger partial charge in [-0.1, -0.05) is 17.3 Å². The first kappa shape index (κ1) is 22.8. The van der Waals surface area contributed by atoms with Crippen LogP contribution in [-0.4, -0.2) is 40.7 Å². The van der Waals surface area contributed by atoms with Crippen molar-refractivity contribution in [3.63, 3.8) is 0 Å². The molecule has 0 aliphatic carbocycles. The number of hydrogen-bond acceptors (Lipinski definition) is 5. The predicted octanol–water partition coefficient (Wildman–Crippen LogP) is 5.40. The second-order valence-corrected chi connectivity index (χ2v) is 9.16. The molecule has 7 heteroatoms. The molecule has 1 fully saturated rings. The SMILES string of the molecule is CC=Cc1c(NC(C)=O)ccc2c(CCC3CCN(C(=O)OC(C)(C)C)CC3)noc12. The number of amides is 2. The van der Waals surface area contributed by atoms with Crippen LogP contribution in [0.4, 0.5) is 10.5 Å². The molecule has 2 amide bonds. The smallest absolute Gasteiger partial charge is 0.410 e. The van der Waals surface area contributed by atoms with E-state index in [4.69, 9.17) is 9.26 Å². The van der Waals surface area contributed by atoms with Gasteiger partial charge in [-0.25, -0.2) is 4.79 Å². The van der Waals surface area contributed by atoms with Crippen LogP contribution in [0.2, 0.25) is 0 Å². The first-order chi connectivity index (χ1) is 14.7. The van der Waals surface area contributed by atoms with Gasteiger partial charge in [0.15, 0.2) is 5.58 Å². The number of nitrogens with one attached hydrogen (secondary N) is 1. The van der Waals surface area contributed by atoms with E-state index in [0.29, 0.717) is 11.5 Å². The monoisotopic (exact) mass is 427 g/mol. The minimum Gasteiger partial charge on any atom is -0.444 e. The maximum Gasteiger partial charge on any atom is 0.410 e. The highest BCUT2D eigenvalue weighted by molar-refractivity contribution is 5.98. The van der Waals surface area contributed by atoms with Crippen molar-refractivity contribution in [3.05, 3.63) is 29.5 Å². The van der Waals surface area contributed by atoms with Crippen LogP contribution in [0, 0.1) is 5.92 Å². The Hall–Kier alpha value is -2.83. The molecule has 0 radical (unpaired) electrons. The third-order valence-electron chi connectivity index (χ3n) is 5.45. The number of carbonyl (C=O) groups excluding carboxylic acids is 2. The highest BCUT2D eigenvalue weighted by Crippen LogP contribution is 2.32. The molecular formula is C24H33N3O4. The van der Waals surface area contributed by atoms with Gasteiger partial charge < -0.3 is 19.5 Å². The van der Waals surface area contributed by atoms with Gasteiger partial charge in [0.2, 0.25) is 5.91 Å². The summed E-state index contributed by atoms with van der Waals surface area (Å²) in [7, 11) is 0. The number of nitrogens with zero attached hydrogens (tertiary/aromatic N) is 2. The van der Waals surface area contributed by atoms with Crippen molar-refractivity contribution in [1.82, 2.24) is 10.1 Å². The van der Waals surface area contributed by atoms with E-state index in [2.05, 4.69) is 10.5 Å². The molecule has 168 valence electrons. The molecule has 1 N–H and O–H groups in total.